The Morgan fingerprint density at radius 2 is 2.14 bits per heavy atom. The predicted octanol–water partition coefficient (Wildman–Crippen LogP) is 4.62. The van der Waals surface area contributed by atoms with E-state index >= 15 is 4.48 Å². The van der Waals surface area contributed by atoms with Crippen molar-refractivity contribution in [3.05, 3.63) is 45.7 Å². The Bertz CT molecular complexity index is 1180. The van der Waals surface area contributed by atoms with Gasteiger partial charge in [0, 0.05) is 10.6 Å². The largest absolute Gasteiger partial charge is 0.477 e. The summed E-state index contributed by atoms with van der Waals surface area (Å²) >= 11 is 12.4. The number of halogens is 5. The van der Waals surface area contributed by atoms with Crippen LogP contribution in [0.2, 0.25) is 10.2 Å². The zero-order valence-corrected chi connectivity index (χ0v) is 16.0. The van der Waals surface area contributed by atoms with Gasteiger partial charge in [0.1, 0.15) is 17.4 Å². The minimum atomic E-state index is -3.14. The summed E-state index contributed by atoms with van der Waals surface area (Å²) in [6.45, 7) is -1.10. The molecule has 0 amide bonds. The summed E-state index contributed by atoms with van der Waals surface area (Å²) in [7, 11) is 0. The molecule has 0 saturated heterocycles. The first-order chi connectivity index (χ1) is 13.6. The molecular weight excluding hydrogens is 434 g/mol. The quantitative estimate of drug-likeness (QED) is 0.351. The van der Waals surface area contributed by atoms with Crippen LogP contribution < -0.4 is 5.12 Å². The molecule has 0 fully saturated rings. The number of aromatic nitrogens is 3. The van der Waals surface area contributed by atoms with Crippen molar-refractivity contribution >= 4 is 40.6 Å². The maximum atomic E-state index is 15.1. The van der Waals surface area contributed by atoms with Crippen LogP contribution in [0, 0.1) is 11.3 Å². The standard InChI is InChI=1S/C17H10Cl2F3N5O2/c1-17(21,7-20)27(22)15-12(9-3-2-8(5-23)4-11(9)18)13(19)25-14-10(16(28)29)6-24-26(14)15/h2-4,6H,7H2,1H3,(H,28,29)/t17-/m1/s1. The molecule has 0 bridgehead atoms. The Morgan fingerprint density at radius 1 is 1.45 bits per heavy atom. The van der Waals surface area contributed by atoms with E-state index in [4.69, 9.17) is 28.5 Å². The number of nitrogens with zero attached hydrogens (tertiary/aromatic N) is 5. The Labute approximate surface area is 171 Å². The molecule has 0 aliphatic carbocycles. The maximum absolute atomic E-state index is 15.1. The fourth-order valence-electron chi connectivity index (χ4n) is 2.58. The smallest absolute Gasteiger partial charge is 0.341 e. The number of aromatic carboxylic acids is 1. The summed E-state index contributed by atoms with van der Waals surface area (Å²) in [5.74, 6) is -5.29. The lowest BCUT2D eigenvalue weighted by molar-refractivity contribution is 0.0698. The van der Waals surface area contributed by atoms with Crippen LogP contribution in [-0.4, -0.2) is 38.1 Å². The van der Waals surface area contributed by atoms with E-state index < -0.39 is 40.1 Å². The SMILES string of the molecule is C[C@](F)(CF)N(F)c1c(-c2ccc(C#N)cc2Cl)c(Cl)nc2c(C(=O)O)cnn12. The van der Waals surface area contributed by atoms with Crippen molar-refractivity contribution < 1.29 is 23.2 Å². The van der Waals surface area contributed by atoms with Gasteiger partial charge in [0.2, 0.25) is 5.79 Å². The number of alkyl halides is 2. The van der Waals surface area contributed by atoms with Gasteiger partial charge in [-0.25, -0.2) is 18.6 Å². The van der Waals surface area contributed by atoms with Crippen LogP contribution in [0.1, 0.15) is 22.8 Å². The average molecular weight is 444 g/mol. The van der Waals surface area contributed by atoms with Gasteiger partial charge in [0.15, 0.2) is 11.5 Å². The van der Waals surface area contributed by atoms with Crippen molar-refractivity contribution in [2.45, 2.75) is 12.7 Å². The van der Waals surface area contributed by atoms with Crippen LogP contribution >= 0.6 is 23.2 Å². The lowest BCUT2D eigenvalue weighted by Gasteiger charge is -2.28. The molecule has 1 atom stereocenters. The molecule has 2 aromatic heterocycles. The number of carbonyl (C=O) groups is 1. The highest BCUT2D eigenvalue weighted by Crippen LogP contribution is 2.43. The minimum absolute atomic E-state index is 0.0461. The second-order valence-electron chi connectivity index (χ2n) is 6.06. The first-order valence-electron chi connectivity index (χ1n) is 7.83. The molecule has 0 spiro atoms. The van der Waals surface area contributed by atoms with Crippen LogP contribution in [0.25, 0.3) is 16.8 Å². The fraction of sp³-hybridized carbons (Fsp3) is 0.176. The van der Waals surface area contributed by atoms with Crippen LogP contribution in [0.15, 0.2) is 24.4 Å². The van der Waals surface area contributed by atoms with Gasteiger partial charge < -0.3 is 5.11 Å². The van der Waals surface area contributed by atoms with E-state index in [1.54, 1.807) is 0 Å². The molecular formula is C17H10Cl2F3N5O2. The number of hydrogen-bond acceptors (Lipinski definition) is 5. The highest BCUT2D eigenvalue weighted by Gasteiger charge is 2.38. The van der Waals surface area contributed by atoms with E-state index in [1.165, 1.54) is 18.2 Å². The fourth-order valence-corrected chi connectivity index (χ4v) is 3.12. The Morgan fingerprint density at radius 3 is 2.69 bits per heavy atom. The van der Waals surface area contributed by atoms with E-state index in [0.717, 1.165) is 6.20 Å². The third-order valence-electron chi connectivity index (χ3n) is 4.02. The average Bonchev–Trinajstić information content (AvgIpc) is 3.10. The van der Waals surface area contributed by atoms with Crippen molar-refractivity contribution in [3.63, 3.8) is 0 Å². The molecule has 0 unspecified atom stereocenters. The lowest BCUT2D eigenvalue weighted by atomic mass is 10.1. The van der Waals surface area contributed by atoms with Crippen molar-refractivity contribution in [3.8, 4) is 17.2 Å². The highest BCUT2D eigenvalue weighted by molar-refractivity contribution is 6.36. The number of fused-ring (bicyclic) bond motifs is 1. The molecule has 1 N–H and O–H groups in total. The summed E-state index contributed by atoms with van der Waals surface area (Å²) in [5, 5.41) is 20.9. The van der Waals surface area contributed by atoms with Crippen LogP contribution in [0.3, 0.4) is 0 Å². The lowest BCUT2D eigenvalue weighted by Crippen LogP contribution is -2.40. The molecule has 3 rings (SSSR count). The Kier molecular flexibility index (Phi) is 5.30. The van der Waals surface area contributed by atoms with Crippen molar-refractivity contribution in [2.75, 3.05) is 11.8 Å². The van der Waals surface area contributed by atoms with Gasteiger partial charge in [0.25, 0.3) is 0 Å². The van der Waals surface area contributed by atoms with Gasteiger partial charge in [-0.2, -0.15) is 20.0 Å². The van der Waals surface area contributed by atoms with E-state index in [2.05, 4.69) is 10.1 Å². The summed E-state index contributed by atoms with van der Waals surface area (Å²) in [4.78, 5) is 15.3. The zero-order chi connectivity index (χ0) is 21.5. The Hall–Kier alpha value is -3.03. The third kappa shape index (κ3) is 3.43. The topological polar surface area (TPSA) is 94.5 Å². The van der Waals surface area contributed by atoms with Crippen LogP contribution in [0.4, 0.5) is 19.1 Å². The molecule has 0 aliphatic rings. The van der Waals surface area contributed by atoms with Crippen LogP contribution in [0.5, 0.6) is 0 Å². The number of carboxylic acid groups (broad SMARTS) is 1. The van der Waals surface area contributed by atoms with Gasteiger partial charge in [-0.05, 0) is 19.1 Å². The highest BCUT2D eigenvalue weighted by atomic mass is 35.5. The minimum Gasteiger partial charge on any atom is -0.477 e. The number of hydrogen-bond donors (Lipinski definition) is 1. The van der Waals surface area contributed by atoms with E-state index in [9.17, 15) is 18.7 Å². The van der Waals surface area contributed by atoms with Gasteiger partial charge in [-0.3, -0.25) is 0 Å². The van der Waals surface area contributed by atoms with E-state index in [-0.39, 0.29) is 27.4 Å². The molecule has 7 nitrogen and oxygen atoms in total. The zero-order valence-electron chi connectivity index (χ0n) is 14.5. The molecule has 150 valence electrons. The van der Waals surface area contributed by atoms with Crippen molar-refractivity contribution in [1.29, 1.82) is 5.26 Å². The molecule has 1 aromatic carbocycles. The number of anilines is 1. The predicted molar refractivity (Wildman–Crippen MR) is 99.2 cm³/mol. The summed E-state index contributed by atoms with van der Waals surface area (Å²) < 4.78 is 43.5. The molecule has 0 radical (unpaired) electrons. The number of carboxylic acids is 1. The molecule has 12 heteroatoms. The summed E-state index contributed by atoms with van der Waals surface area (Å²) in [5.41, 5.74) is -0.852. The second kappa shape index (κ2) is 7.42. The molecule has 0 saturated carbocycles. The summed E-state index contributed by atoms with van der Waals surface area (Å²) in [6, 6.07) is 5.80. The normalized spacial score (nSPS) is 13.1. The monoisotopic (exact) mass is 443 g/mol. The van der Waals surface area contributed by atoms with Crippen molar-refractivity contribution in [1.82, 2.24) is 14.6 Å². The maximum Gasteiger partial charge on any atom is 0.341 e. The first-order valence-corrected chi connectivity index (χ1v) is 8.59. The second-order valence-corrected chi connectivity index (χ2v) is 6.83. The van der Waals surface area contributed by atoms with E-state index in [0.29, 0.717) is 11.4 Å². The Balaban J connectivity index is 2.44. The van der Waals surface area contributed by atoms with E-state index in [1.807, 2.05) is 6.07 Å². The van der Waals surface area contributed by atoms with Crippen LogP contribution in [-0.2, 0) is 0 Å². The number of rotatable bonds is 5. The third-order valence-corrected chi connectivity index (χ3v) is 4.60. The molecule has 0 aliphatic heterocycles. The summed E-state index contributed by atoms with van der Waals surface area (Å²) in [6.07, 6.45) is 0.869. The van der Waals surface area contributed by atoms with Gasteiger partial charge in [-0.15, -0.1) is 0 Å². The number of nitriles is 1. The molecule has 3 aromatic rings. The molecule has 29 heavy (non-hydrogen) atoms. The van der Waals surface area contributed by atoms with Gasteiger partial charge in [0.05, 0.1) is 23.4 Å². The van der Waals surface area contributed by atoms with Gasteiger partial charge in [-0.1, -0.05) is 33.7 Å². The van der Waals surface area contributed by atoms with Gasteiger partial charge >= 0.3 is 5.97 Å². The number of benzene rings is 1. The van der Waals surface area contributed by atoms with Crippen molar-refractivity contribution in [2.24, 2.45) is 0 Å². The molecule has 2 heterocycles. The first kappa shape index (κ1) is 20.7.